The summed E-state index contributed by atoms with van der Waals surface area (Å²) >= 11 is 1.61. The zero-order chi connectivity index (χ0) is 26.5. The van der Waals surface area contributed by atoms with Crippen molar-refractivity contribution in [3.05, 3.63) is 127 Å². The predicted octanol–water partition coefficient (Wildman–Crippen LogP) is 8.58. The van der Waals surface area contributed by atoms with Gasteiger partial charge in [0.2, 0.25) is 5.95 Å². The van der Waals surface area contributed by atoms with Crippen molar-refractivity contribution in [2.75, 3.05) is 0 Å². The van der Waals surface area contributed by atoms with Gasteiger partial charge in [-0.15, -0.1) is 11.3 Å². The summed E-state index contributed by atoms with van der Waals surface area (Å²) in [4.78, 5) is 19.5. The van der Waals surface area contributed by atoms with Gasteiger partial charge in [-0.2, -0.15) is 9.97 Å². The van der Waals surface area contributed by atoms with Gasteiger partial charge in [-0.05, 0) is 41.5 Å². The van der Waals surface area contributed by atoms with Crippen molar-refractivity contribution < 1.29 is 0 Å². The van der Waals surface area contributed by atoms with Gasteiger partial charge in [0.15, 0.2) is 11.6 Å². The summed E-state index contributed by atoms with van der Waals surface area (Å²) in [5.74, 6) is 1.85. The van der Waals surface area contributed by atoms with Gasteiger partial charge in [-0.1, -0.05) is 91.0 Å². The summed E-state index contributed by atoms with van der Waals surface area (Å²) in [6, 6.07) is 41.8. The largest absolute Gasteiger partial charge is 0.278 e. The Bertz CT molecular complexity index is 2110. The van der Waals surface area contributed by atoms with Crippen molar-refractivity contribution in [3.8, 4) is 39.9 Å². The van der Waals surface area contributed by atoms with Crippen molar-refractivity contribution in [1.82, 2.24) is 24.5 Å². The molecular formula is C34H21N5S. The Morgan fingerprint density at radius 1 is 0.500 bits per heavy atom. The molecule has 5 nitrogen and oxygen atoms in total. The molecule has 0 saturated carbocycles. The van der Waals surface area contributed by atoms with E-state index in [0.29, 0.717) is 17.6 Å². The molecule has 40 heavy (non-hydrogen) atoms. The maximum atomic E-state index is 5.06. The molecule has 0 aliphatic heterocycles. The highest BCUT2D eigenvalue weighted by Crippen LogP contribution is 2.33. The lowest BCUT2D eigenvalue weighted by Gasteiger charge is -2.11. The fourth-order valence-electron chi connectivity index (χ4n) is 5.30. The lowest BCUT2D eigenvalue weighted by atomic mass is 10.0. The van der Waals surface area contributed by atoms with Crippen molar-refractivity contribution >= 4 is 43.4 Å². The number of rotatable bonds is 4. The van der Waals surface area contributed by atoms with Crippen molar-refractivity contribution in [2.24, 2.45) is 0 Å². The smallest absolute Gasteiger partial charge is 0.238 e. The highest BCUT2D eigenvalue weighted by molar-refractivity contribution is 7.16. The first-order valence-electron chi connectivity index (χ1n) is 13.1. The molecule has 0 atom stereocenters. The van der Waals surface area contributed by atoms with E-state index in [1.54, 1.807) is 11.3 Å². The van der Waals surface area contributed by atoms with Crippen LogP contribution in [0.5, 0.6) is 0 Å². The van der Waals surface area contributed by atoms with Gasteiger partial charge in [0.05, 0.1) is 26.8 Å². The van der Waals surface area contributed by atoms with Crippen molar-refractivity contribution in [3.63, 3.8) is 0 Å². The zero-order valence-electron chi connectivity index (χ0n) is 21.3. The minimum absolute atomic E-state index is 0.592. The lowest BCUT2D eigenvalue weighted by molar-refractivity contribution is 0.954. The SMILES string of the molecule is c1ccc(-c2ccc(-c3nc(-c4ccc5ncsc5c4)nc(-n4c5ccccc5c5ccccc54)n3)cc2)cc1. The molecule has 3 heterocycles. The van der Waals surface area contributed by atoms with E-state index in [0.717, 1.165) is 37.9 Å². The second-order valence-corrected chi connectivity index (χ2v) is 10.5. The quantitative estimate of drug-likeness (QED) is 0.228. The van der Waals surface area contributed by atoms with Gasteiger partial charge in [0, 0.05) is 21.9 Å². The van der Waals surface area contributed by atoms with Crippen LogP contribution in [0.2, 0.25) is 0 Å². The fraction of sp³-hybridized carbons (Fsp3) is 0. The Balaban J connectivity index is 1.36. The molecule has 0 N–H and O–H groups in total. The molecule has 5 aromatic carbocycles. The molecule has 0 aliphatic carbocycles. The average molecular weight is 532 g/mol. The normalized spacial score (nSPS) is 11.5. The number of para-hydroxylation sites is 2. The number of benzene rings is 5. The van der Waals surface area contributed by atoms with Gasteiger partial charge in [-0.3, -0.25) is 4.57 Å². The Hall–Kier alpha value is -5.20. The summed E-state index contributed by atoms with van der Waals surface area (Å²) in [5, 5.41) is 2.33. The summed E-state index contributed by atoms with van der Waals surface area (Å²) in [5.41, 5.74) is 9.15. The van der Waals surface area contributed by atoms with Crippen LogP contribution in [-0.2, 0) is 0 Å². The Morgan fingerprint density at radius 3 is 1.80 bits per heavy atom. The number of thiazole rings is 1. The highest BCUT2D eigenvalue weighted by atomic mass is 32.1. The number of aromatic nitrogens is 5. The van der Waals surface area contributed by atoms with Crippen LogP contribution in [0, 0.1) is 0 Å². The molecule has 6 heteroatoms. The van der Waals surface area contributed by atoms with Gasteiger partial charge in [-0.25, -0.2) is 9.97 Å². The molecule has 0 aliphatic rings. The number of fused-ring (bicyclic) bond motifs is 4. The Kier molecular flexibility index (Phi) is 5.24. The molecule has 0 fully saturated rings. The van der Waals surface area contributed by atoms with E-state index >= 15 is 0 Å². The van der Waals surface area contributed by atoms with Crippen molar-refractivity contribution in [1.29, 1.82) is 0 Å². The predicted molar refractivity (Wildman–Crippen MR) is 164 cm³/mol. The molecule has 8 aromatic rings. The van der Waals surface area contributed by atoms with E-state index in [-0.39, 0.29) is 0 Å². The first-order chi connectivity index (χ1) is 19.8. The molecule has 8 rings (SSSR count). The van der Waals surface area contributed by atoms with Crippen LogP contribution in [0.1, 0.15) is 0 Å². The van der Waals surface area contributed by atoms with Crippen LogP contribution in [0.15, 0.2) is 127 Å². The molecule has 0 unspecified atom stereocenters. The van der Waals surface area contributed by atoms with Gasteiger partial charge in [0.25, 0.3) is 0 Å². The Labute approximate surface area is 234 Å². The maximum absolute atomic E-state index is 5.06. The molecule has 3 aromatic heterocycles. The minimum Gasteiger partial charge on any atom is -0.278 e. The summed E-state index contributed by atoms with van der Waals surface area (Å²) in [6.07, 6.45) is 0. The Morgan fingerprint density at radius 2 is 1.07 bits per heavy atom. The van der Waals surface area contributed by atoms with Gasteiger partial charge in [0.1, 0.15) is 0 Å². The van der Waals surface area contributed by atoms with Crippen molar-refractivity contribution in [2.45, 2.75) is 0 Å². The lowest BCUT2D eigenvalue weighted by Crippen LogP contribution is -2.06. The van der Waals surface area contributed by atoms with E-state index in [1.807, 2.05) is 23.7 Å². The van der Waals surface area contributed by atoms with Crippen LogP contribution < -0.4 is 0 Å². The average Bonchev–Trinajstić information content (AvgIpc) is 3.64. The zero-order valence-corrected chi connectivity index (χ0v) is 22.1. The van der Waals surface area contributed by atoms with Gasteiger partial charge >= 0.3 is 0 Å². The molecule has 0 amide bonds. The number of hydrogen-bond acceptors (Lipinski definition) is 5. The third kappa shape index (κ3) is 3.77. The summed E-state index contributed by atoms with van der Waals surface area (Å²) < 4.78 is 3.24. The molecule has 0 radical (unpaired) electrons. The monoisotopic (exact) mass is 531 g/mol. The molecular weight excluding hydrogens is 510 g/mol. The first kappa shape index (κ1) is 22.8. The van der Waals surface area contributed by atoms with E-state index < -0.39 is 0 Å². The van der Waals surface area contributed by atoms with Crippen LogP contribution in [0.25, 0.3) is 71.9 Å². The third-order valence-electron chi connectivity index (χ3n) is 7.24. The molecule has 0 saturated heterocycles. The molecule has 0 spiro atoms. The van der Waals surface area contributed by atoms with Crippen LogP contribution >= 0.6 is 11.3 Å². The van der Waals surface area contributed by atoms with E-state index in [2.05, 4.69) is 113 Å². The third-order valence-corrected chi connectivity index (χ3v) is 8.04. The van der Waals surface area contributed by atoms with E-state index in [1.165, 1.54) is 16.3 Å². The number of hydrogen-bond donors (Lipinski definition) is 0. The fourth-order valence-corrected chi connectivity index (χ4v) is 6.01. The van der Waals surface area contributed by atoms with E-state index in [9.17, 15) is 0 Å². The molecule has 188 valence electrons. The van der Waals surface area contributed by atoms with Crippen LogP contribution in [0.4, 0.5) is 0 Å². The highest BCUT2D eigenvalue weighted by Gasteiger charge is 2.17. The van der Waals surface area contributed by atoms with E-state index in [4.69, 9.17) is 15.0 Å². The molecule has 0 bridgehead atoms. The number of nitrogens with zero attached hydrogens (tertiary/aromatic N) is 5. The minimum atomic E-state index is 0.592. The second kappa shape index (κ2) is 9.22. The summed E-state index contributed by atoms with van der Waals surface area (Å²) in [6.45, 7) is 0. The van der Waals surface area contributed by atoms with Crippen LogP contribution in [-0.4, -0.2) is 24.5 Å². The standard InChI is InChI=1S/C34H21N5S/c1-2-8-22(9-3-1)23-14-16-24(17-15-23)32-36-33(25-18-19-28-31(20-25)40-21-35-28)38-34(37-32)39-29-12-6-4-10-26(29)27-11-5-7-13-30(27)39/h1-21H. The van der Waals surface area contributed by atoms with Crippen LogP contribution in [0.3, 0.4) is 0 Å². The topological polar surface area (TPSA) is 56.5 Å². The first-order valence-corrected chi connectivity index (χ1v) is 13.9. The second-order valence-electron chi connectivity index (χ2n) is 9.63. The maximum Gasteiger partial charge on any atom is 0.238 e. The van der Waals surface area contributed by atoms with Gasteiger partial charge < -0.3 is 0 Å². The summed E-state index contributed by atoms with van der Waals surface area (Å²) in [7, 11) is 0.